The third-order valence-electron chi connectivity index (χ3n) is 3.31. The molecule has 1 aliphatic carbocycles. The van der Waals surface area contributed by atoms with Crippen molar-refractivity contribution in [2.24, 2.45) is 0 Å². The first-order chi connectivity index (χ1) is 8.70. The fraction of sp³-hybridized carbons (Fsp3) is 0.538. The first-order valence-electron chi connectivity index (χ1n) is 6.31. The van der Waals surface area contributed by atoms with Crippen LogP contribution in [0.3, 0.4) is 0 Å². The van der Waals surface area contributed by atoms with Crippen molar-refractivity contribution in [3.05, 3.63) is 23.7 Å². The summed E-state index contributed by atoms with van der Waals surface area (Å²) in [5.74, 6) is 0.132. The molecule has 2 N–H and O–H groups in total. The fourth-order valence-corrected chi connectivity index (χ4v) is 3.03. The molecule has 0 spiro atoms. The van der Waals surface area contributed by atoms with Gasteiger partial charge in [0.25, 0.3) is 0 Å². The number of rotatable bonds is 5. The lowest BCUT2D eigenvalue weighted by molar-refractivity contribution is -0.132. The first kappa shape index (κ1) is 13.1. The van der Waals surface area contributed by atoms with Gasteiger partial charge in [0.1, 0.15) is 0 Å². The van der Waals surface area contributed by atoms with Crippen LogP contribution >= 0.6 is 11.3 Å². The lowest BCUT2D eigenvalue weighted by Crippen LogP contribution is -2.39. The molecule has 5 heteroatoms. The van der Waals surface area contributed by atoms with Crippen molar-refractivity contribution in [1.29, 1.82) is 0 Å². The van der Waals surface area contributed by atoms with Crippen LogP contribution in [0.15, 0.2) is 18.0 Å². The van der Waals surface area contributed by atoms with Gasteiger partial charge in [0.15, 0.2) is 5.13 Å². The molecule has 1 saturated carbocycles. The van der Waals surface area contributed by atoms with Crippen LogP contribution in [-0.2, 0) is 11.2 Å². The summed E-state index contributed by atoms with van der Waals surface area (Å²) in [4.78, 5) is 18.4. The third kappa shape index (κ3) is 3.10. The van der Waals surface area contributed by atoms with Crippen molar-refractivity contribution in [3.63, 3.8) is 0 Å². The Balaban J connectivity index is 2.00. The van der Waals surface area contributed by atoms with E-state index in [1.807, 2.05) is 10.3 Å². The van der Waals surface area contributed by atoms with Crippen molar-refractivity contribution >= 4 is 22.4 Å². The Kier molecular flexibility index (Phi) is 4.36. The molecule has 1 heterocycles. The molecule has 0 saturated heterocycles. The van der Waals surface area contributed by atoms with Crippen LogP contribution < -0.4 is 5.73 Å². The zero-order chi connectivity index (χ0) is 13.0. The minimum Gasteiger partial charge on any atom is -0.375 e. The number of nitrogen functional groups attached to an aromatic ring is 1. The highest BCUT2D eigenvalue weighted by molar-refractivity contribution is 7.13. The van der Waals surface area contributed by atoms with Crippen LogP contribution in [0, 0.1) is 0 Å². The van der Waals surface area contributed by atoms with Crippen molar-refractivity contribution in [1.82, 2.24) is 9.88 Å². The monoisotopic (exact) mass is 265 g/mol. The maximum atomic E-state index is 12.3. The van der Waals surface area contributed by atoms with Gasteiger partial charge in [0.2, 0.25) is 5.91 Å². The van der Waals surface area contributed by atoms with E-state index in [1.165, 1.54) is 24.2 Å². The van der Waals surface area contributed by atoms with Gasteiger partial charge in [-0.15, -0.1) is 17.9 Å². The largest absolute Gasteiger partial charge is 0.375 e. The number of nitrogens with zero attached hydrogens (tertiary/aromatic N) is 2. The molecule has 0 bridgehead atoms. The Bertz CT molecular complexity index is 424. The molecular formula is C13H19N3OS. The molecule has 0 atom stereocenters. The number of nitrogens with two attached hydrogens (primary N) is 1. The summed E-state index contributed by atoms with van der Waals surface area (Å²) in [6.07, 6.45) is 6.80. The quantitative estimate of drug-likeness (QED) is 0.830. The van der Waals surface area contributed by atoms with Crippen LogP contribution in [0.5, 0.6) is 0 Å². The third-order valence-corrected chi connectivity index (χ3v) is 4.04. The van der Waals surface area contributed by atoms with Crippen LogP contribution in [0.2, 0.25) is 0 Å². The number of hydrogen-bond donors (Lipinski definition) is 1. The average molecular weight is 265 g/mol. The Hall–Kier alpha value is -1.36. The fourth-order valence-electron chi connectivity index (χ4n) is 2.47. The second-order valence-corrected chi connectivity index (χ2v) is 5.52. The summed E-state index contributed by atoms with van der Waals surface area (Å²) in [6.45, 7) is 4.37. The van der Waals surface area contributed by atoms with Crippen LogP contribution in [-0.4, -0.2) is 28.4 Å². The molecular weight excluding hydrogens is 246 g/mol. The number of carbonyl (C=O) groups excluding carboxylic acids is 1. The van der Waals surface area contributed by atoms with Crippen LogP contribution in [0.4, 0.5) is 5.13 Å². The minimum absolute atomic E-state index is 0.132. The highest BCUT2D eigenvalue weighted by Crippen LogP contribution is 2.24. The van der Waals surface area contributed by atoms with Gasteiger partial charge >= 0.3 is 0 Å². The molecule has 0 aliphatic heterocycles. The Morgan fingerprint density at radius 3 is 2.89 bits per heavy atom. The van der Waals surface area contributed by atoms with E-state index in [4.69, 9.17) is 5.73 Å². The lowest BCUT2D eigenvalue weighted by atomic mass is 10.2. The summed E-state index contributed by atoms with van der Waals surface area (Å²) in [5, 5.41) is 2.38. The smallest absolute Gasteiger partial charge is 0.229 e. The number of thiazole rings is 1. The predicted molar refractivity (Wildman–Crippen MR) is 74.4 cm³/mol. The molecule has 1 aromatic rings. The number of carbonyl (C=O) groups is 1. The lowest BCUT2D eigenvalue weighted by Gasteiger charge is -2.27. The van der Waals surface area contributed by atoms with E-state index in [0.29, 0.717) is 24.1 Å². The Labute approximate surface area is 112 Å². The predicted octanol–water partition coefficient (Wildman–Crippen LogP) is 2.22. The van der Waals surface area contributed by atoms with Crippen molar-refractivity contribution in [3.8, 4) is 0 Å². The van der Waals surface area contributed by atoms with E-state index in [9.17, 15) is 4.79 Å². The van der Waals surface area contributed by atoms with Gasteiger partial charge in [-0.05, 0) is 12.8 Å². The standard InChI is InChI=1S/C13H19N3OS/c1-2-7-16(11-5-3-4-6-11)12(17)8-10-9-18-13(14)15-10/h2,9,11H,1,3-8H2,(H2,14,15). The topological polar surface area (TPSA) is 59.2 Å². The van der Waals surface area contributed by atoms with Gasteiger partial charge in [0, 0.05) is 18.0 Å². The van der Waals surface area contributed by atoms with E-state index in [0.717, 1.165) is 18.5 Å². The maximum absolute atomic E-state index is 12.3. The van der Waals surface area contributed by atoms with Crippen LogP contribution in [0.1, 0.15) is 31.4 Å². The summed E-state index contributed by atoms with van der Waals surface area (Å²) in [6, 6.07) is 0.381. The molecule has 1 aliphatic rings. The van der Waals surface area contributed by atoms with E-state index in [1.54, 1.807) is 6.08 Å². The zero-order valence-electron chi connectivity index (χ0n) is 10.5. The number of hydrogen-bond acceptors (Lipinski definition) is 4. The highest BCUT2D eigenvalue weighted by atomic mass is 32.1. The Morgan fingerprint density at radius 1 is 1.61 bits per heavy atom. The number of aromatic nitrogens is 1. The molecule has 4 nitrogen and oxygen atoms in total. The minimum atomic E-state index is 0.132. The second-order valence-electron chi connectivity index (χ2n) is 4.63. The van der Waals surface area contributed by atoms with Crippen molar-refractivity contribution in [2.45, 2.75) is 38.1 Å². The Morgan fingerprint density at radius 2 is 2.33 bits per heavy atom. The van der Waals surface area contributed by atoms with Crippen LogP contribution in [0.25, 0.3) is 0 Å². The molecule has 98 valence electrons. The molecule has 1 aromatic heterocycles. The molecule has 0 radical (unpaired) electrons. The molecule has 0 unspecified atom stereocenters. The summed E-state index contributed by atoms with van der Waals surface area (Å²) in [7, 11) is 0. The molecule has 2 rings (SSSR count). The normalized spacial score (nSPS) is 15.8. The van der Waals surface area contributed by atoms with E-state index < -0.39 is 0 Å². The highest BCUT2D eigenvalue weighted by Gasteiger charge is 2.25. The summed E-state index contributed by atoms with van der Waals surface area (Å²) >= 11 is 1.38. The van der Waals surface area contributed by atoms with Crippen molar-refractivity contribution < 1.29 is 4.79 Å². The SMILES string of the molecule is C=CCN(C(=O)Cc1csc(N)n1)C1CCCC1. The number of anilines is 1. The average Bonchev–Trinajstić information content (AvgIpc) is 2.97. The summed E-state index contributed by atoms with van der Waals surface area (Å²) < 4.78 is 0. The van der Waals surface area contributed by atoms with Gasteiger partial charge in [-0.1, -0.05) is 18.9 Å². The summed E-state index contributed by atoms with van der Waals surface area (Å²) in [5.41, 5.74) is 6.35. The van der Waals surface area contributed by atoms with E-state index in [-0.39, 0.29) is 5.91 Å². The number of amides is 1. The molecule has 1 amide bonds. The van der Waals surface area contributed by atoms with Gasteiger partial charge in [-0.25, -0.2) is 4.98 Å². The van der Waals surface area contributed by atoms with E-state index in [2.05, 4.69) is 11.6 Å². The molecule has 18 heavy (non-hydrogen) atoms. The molecule has 1 fully saturated rings. The first-order valence-corrected chi connectivity index (χ1v) is 7.19. The zero-order valence-corrected chi connectivity index (χ0v) is 11.3. The maximum Gasteiger partial charge on any atom is 0.229 e. The van der Waals surface area contributed by atoms with Crippen molar-refractivity contribution in [2.75, 3.05) is 12.3 Å². The van der Waals surface area contributed by atoms with Gasteiger partial charge in [-0.3, -0.25) is 4.79 Å². The van der Waals surface area contributed by atoms with Gasteiger partial charge in [0.05, 0.1) is 12.1 Å². The second kappa shape index (κ2) is 6.00. The van der Waals surface area contributed by atoms with Gasteiger partial charge < -0.3 is 10.6 Å². The van der Waals surface area contributed by atoms with E-state index >= 15 is 0 Å². The molecule has 0 aromatic carbocycles. The van der Waals surface area contributed by atoms with Gasteiger partial charge in [-0.2, -0.15) is 0 Å².